The fourth-order valence-corrected chi connectivity index (χ4v) is 2.74. The van der Waals surface area contributed by atoms with Gasteiger partial charge >= 0.3 is 11.9 Å². The summed E-state index contributed by atoms with van der Waals surface area (Å²) in [6.07, 6.45) is 7.88. The predicted molar refractivity (Wildman–Crippen MR) is 105 cm³/mol. The first-order valence-electron chi connectivity index (χ1n) is 8.64. The maximum Gasteiger partial charge on any atom is 0.313 e. The molecule has 0 radical (unpaired) electrons. The standard InChI is InChI=1S/C12H18O2.C9H12O5/c1-5-8-12(9-6-2,10-7-3)11(13)14-4;1-14-8(13)9(2-5-10,3-6-11)4-7-12/h5-7H,1-3,8-10H2,4H3;5-7H,2-4H2,1H3. The van der Waals surface area contributed by atoms with Crippen LogP contribution in [0, 0.1) is 10.8 Å². The first-order chi connectivity index (χ1) is 13.3. The quantitative estimate of drug-likeness (QED) is 0.253. The van der Waals surface area contributed by atoms with Crippen LogP contribution in [0.25, 0.3) is 0 Å². The highest BCUT2D eigenvalue weighted by Gasteiger charge is 2.38. The first-order valence-corrected chi connectivity index (χ1v) is 8.64. The van der Waals surface area contributed by atoms with Crippen LogP contribution in [0.3, 0.4) is 0 Å². The summed E-state index contributed by atoms with van der Waals surface area (Å²) in [7, 11) is 2.55. The monoisotopic (exact) mass is 394 g/mol. The number of allylic oxidation sites excluding steroid dienone is 3. The summed E-state index contributed by atoms with van der Waals surface area (Å²) in [6.45, 7) is 11.0. The van der Waals surface area contributed by atoms with E-state index in [1.54, 1.807) is 18.2 Å². The maximum absolute atomic E-state index is 11.6. The van der Waals surface area contributed by atoms with Gasteiger partial charge < -0.3 is 23.9 Å². The van der Waals surface area contributed by atoms with Crippen molar-refractivity contribution in [2.24, 2.45) is 10.8 Å². The van der Waals surface area contributed by atoms with Crippen molar-refractivity contribution in [3.63, 3.8) is 0 Å². The third-order valence-corrected chi connectivity index (χ3v) is 4.26. The second kappa shape index (κ2) is 15.2. The van der Waals surface area contributed by atoms with Crippen molar-refractivity contribution in [2.75, 3.05) is 14.2 Å². The normalized spacial score (nSPS) is 10.4. The molecule has 0 unspecified atom stereocenters. The SMILES string of the molecule is C=CCC(CC=C)(CC=C)C(=O)OC.COC(=O)C(CC=O)(CC=O)CC=O. The molecule has 0 aromatic heterocycles. The number of methoxy groups -OCH3 is 2. The Morgan fingerprint density at radius 2 is 0.893 bits per heavy atom. The minimum atomic E-state index is -1.31. The van der Waals surface area contributed by atoms with Gasteiger partial charge in [-0.3, -0.25) is 9.59 Å². The van der Waals surface area contributed by atoms with Crippen LogP contribution in [0.5, 0.6) is 0 Å². The molecule has 0 amide bonds. The average Bonchev–Trinajstić information content (AvgIpc) is 2.68. The van der Waals surface area contributed by atoms with E-state index < -0.39 is 16.8 Å². The largest absolute Gasteiger partial charge is 0.469 e. The Bertz CT molecular complexity index is 460. The molecule has 0 bridgehead atoms. The number of carbonyl (C=O) groups is 5. The number of carbonyl (C=O) groups excluding carboxylic acids is 5. The third-order valence-electron chi connectivity index (χ3n) is 4.26. The Kier molecular flexibility index (Phi) is 14.9. The predicted octanol–water partition coefficient (Wildman–Crippen LogP) is 2.79. The highest BCUT2D eigenvalue weighted by Crippen LogP contribution is 2.33. The van der Waals surface area contributed by atoms with Crippen molar-refractivity contribution in [2.45, 2.75) is 38.5 Å². The molecule has 28 heavy (non-hydrogen) atoms. The summed E-state index contributed by atoms with van der Waals surface area (Å²) in [4.78, 5) is 54.0. The lowest BCUT2D eigenvalue weighted by atomic mass is 9.78. The molecule has 0 aliphatic carbocycles. The average molecular weight is 394 g/mol. The lowest BCUT2D eigenvalue weighted by Crippen LogP contribution is -2.34. The van der Waals surface area contributed by atoms with Crippen LogP contribution in [0.15, 0.2) is 38.0 Å². The summed E-state index contributed by atoms with van der Waals surface area (Å²) < 4.78 is 9.25. The van der Waals surface area contributed by atoms with Gasteiger partial charge in [0.15, 0.2) is 0 Å². The molecule has 0 spiro atoms. The Balaban J connectivity index is 0. The lowest BCUT2D eigenvalue weighted by molar-refractivity contribution is -0.156. The lowest BCUT2D eigenvalue weighted by Gasteiger charge is -2.27. The molecule has 0 atom stereocenters. The molecule has 0 aromatic carbocycles. The van der Waals surface area contributed by atoms with E-state index in [1.165, 1.54) is 7.11 Å². The summed E-state index contributed by atoms with van der Waals surface area (Å²) in [5, 5.41) is 0. The van der Waals surface area contributed by atoms with Gasteiger partial charge in [-0.05, 0) is 19.3 Å². The smallest absolute Gasteiger partial charge is 0.313 e. The Morgan fingerprint density at radius 3 is 1.07 bits per heavy atom. The summed E-state index contributed by atoms with van der Waals surface area (Å²) in [5.41, 5.74) is -1.86. The van der Waals surface area contributed by atoms with Crippen LogP contribution in [0.4, 0.5) is 0 Å². The molecule has 7 heteroatoms. The summed E-state index contributed by atoms with van der Waals surface area (Å²) in [5.74, 6) is -0.930. The van der Waals surface area contributed by atoms with Crippen LogP contribution in [0.2, 0.25) is 0 Å². The zero-order chi connectivity index (χ0) is 22.1. The van der Waals surface area contributed by atoms with E-state index in [9.17, 15) is 24.0 Å². The van der Waals surface area contributed by atoms with Gasteiger partial charge in [0.25, 0.3) is 0 Å². The van der Waals surface area contributed by atoms with Gasteiger partial charge in [0.1, 0.15) is 18.9 Å². The van der Waals surface area contributed by atoms with E-state index >= 15 is 0 Å². The first kappa shape index (κ1) is 27.4. The minimum Gasteiger partial charge on any atom is -0.469 e. The number of ether oxygens (including phenoxy) is 2. The van der Waals surface area contributed by atoms with Crippen molar-refractivity contribution in [1.82, 2.24) is 0 Å². The molecule has 7 nitrogen and oxygen atoms in total. The van der Waals surface area contributed by atoms with Gasteiger partial charge in [0, 0.05) is 19.3 Å². The van der Waals surface area contributed by atoms with Gasteiger partial charge in [-0.2, -0.15) is 0 Å². The van der Waals surface area contributed by atoms with E-state index in [2.05, 4.69) is 24.5 Å². The molecule has 0 saturated carbocycles. The molecule has 0 fully saturated rings. The fraction of sp³-hybridized carbons (Fsp3) is 0.476. The number of aldehydes is 3. The number of hydrogen-bond donors (Lipinski definition) is 0. The van der Waals surface area contributed by atoms with Gasteiger partial charge in [-0.25, -0.2) is 0 Å². The number of rotatable bonds is 14. The Morgan fingerprint density at radius 1 is 0.643 bits per heavy atom. The van der Waals surface area contributed by atoms with Crippen molar-refractivity contribution >= 4 is 30.8 Å². The molecular formula is C21H30O7. The van der Waals surface area contributed by atoms with Gasteiger partial charge in [0.05, 0.1) is 25.0 Å². The van der Waals surface area contributed by atoms with Crippen molar-refractivity contribution in [3.8, 4) is 0 Å². The van der Waals surface area contributed by atoms with Crippen LogP contribution >= 0.6 is 0 Å². The maximum atomic E-state index is 11.6. The van der Waals surface area contributed by atoms with Gasteiger partial charge in [0.2, 0.25) is 0 Å². The third kappa shape index (κ3) is 8.24. The Labute approximate surface area is 166 Å². The molecule has 0 aromatic rings. The molecule has 0 aliphatic rings. The van der Waals surface area contributed by atoms with Crippen LogP contribution < -0.4 is 0 Å². The fourth-order valence-electron chi connectivity index (χ4n) is 2.74. The second-order valence-corrected chi connectivity index (χ2v) is 6.13. The topological polar surface area (TPSA) is 104 Å². The molecule has 0 aliphatic heterocycles. The van der Waals surface area contributed by atoms with Crippen LogP contribution in [0.1, 0.15) is 38.5 Å². The minimum absolute atomic E-state index is 0.183. The molecule has 0 saturated heterocycles. The molecule has 0 N–H and O–H groups in total. The van der Waals surface area contributed by atoms with E-state index in [-0.39, 0.29) is 25.2 Å². The van der Waals surface area contributed by atoms with Gasteiger partial charge in [-0.15, -0.1) is 19.7 Å². The zero-order valence-corrected chi connectivity index (χ0v) is 16.7. The van der Waals surface area contributed by atoms with Crippen LogP contribution in [-0.2, 0) is 33.4 Å². The highest BCUT2D eigenvalue weighted by molar-refractivity contribution is 5.85. The molecule has 156 valence electrons. The van der Waals surface area contributed by atoms with Crippen molar-refractivity contribution in [3.05, 3.63) is 38.0 Å². The van der Waals surface area contributed by atoms with E-state index in [1.807, 2.05) is 0 Å². The molecule has 0 heterocycles. The van der Waals surface area contributed by atoms with Crippen molar-refractivity contribution in [1.29, 1.82) is 0 Å². The van der Waals surface area contributed by atoms with Crippen LogP contribution in [-0.4, -0.2) is 45.0 Å². The second-order valence-electron chi connectivity index (χ2n) is 6.13. The molecular weight excluding hydrogens is 364 g/mol. The number of hydrogen-bond acceptors (Lipinski definition) is 7. The zero-order valence-electron chi connectivity index (χ0n) is 16.7. The Hall–Kier alpha value is -2.83. The van der Waals surface area contributed by atoms with E-state index in [0.29, 0.717) is 38.1 Å². The summed E-state index contributed by atoms with van der Waals surface area (Å²) >= 11 is 0. The number of esters is 2. The van der Waals surface area contributed by atoms with E-state index in [0.717, 1.165) is 7.11 Å². The van der Waals surface area contributed by atoms with Crippen molar-refractivity contribution < 1.29 is 33.4 Å². The van der Waals surface area contributed by atoms with Gasteiger partial charge in [-0.1, -0.05) is 18.2 Å². The highest BCUT2D eigenvalue weighted by atomic mass is 16.5. The molecule has 0 rings (SSSR count). The summed E-state index contributed by atoms with van der Waals surface area (Å²) in [6, 6.07) is 0. The van der Waals surface area contributed by atoms with E-state index in [4.69, 9.17) is 4.74 Å².